The van der Waals surface area contributed by atoms with E-state index < -0.39 is 0 Å². The summed E-state index contributed by atoms with van der Waals surface area (Å²) < 4.78 is 5.48. The first-order valence-electron chi connectivity index (χ1n) is 8.05. The van der Waals surface area contributed by atoms with Gasteiger partial charge in [-0.1, -0.05) is 20.8 Å². The van der Waals surface area contributed by atoms with Gasteiger partial charge >= 0.3 is 0 Å². The molecule has 0 radical (unpaired) electrons. The Hall–Kier alpha value is -1.10. The molecule has 0 aromatic carbocycles. The Morgan fingerprint density at radius 3 is 2.33 bits per heavy atom. The Morgan fingerprint density at radius 1 is 1.05 bits per heavy atom. The summed E-state index contributed by atoms with van der Waals surface area (Å²) in [5.74, 6) is 0.312. The first kappa shape index (κ1) is 16.3. The highest BCUT2D eigenvalue weighted by Crippen LogP contribution is 2.21. The summed E-state index contributed by atoms with van der Waals surface area (Å²) >= 11 is 0. The SMILES string of the molecule is CC(C)(C)CC(=O)N1CCCN(C(=O)C2CCCO2)CC1. The molecule has 0 aliphatic carbocycles. The van der Waals surface area contributed by atoms with Crippen molar-refractivity contribution < 1.29 is 14.3 Å². The highest BCUT2D eigenvalue weighted by molar-refractivity contribution is 5.81. The zero-order valence-electron chi connectivity index (χ0n) is 13.6. The van der Waals surface area contributed by atoms with E-state index in [9.17, 15) is 9.59 Å². The number of ether oxygens (including phenoxy) is 1. The standard InChI is InChI=1S/C16H28N2O3/c1-16(2,3)12-14(19)17-7-5-8-18(10-9-17)15(20)13-6-4-11-21-13/h13H,4-12H2,1-3H3. The van der Waals surface area contributed by atoms with Gasteiger partial charge in [0.25, 0.3) is 5.91 Å². The van der Waals surface area contributed by atoms with Gasteiger partial charge < -0.3 is 14.5 Å². The number of rotatable bonds is 2. The zero-order valence-corrected chi connectivity index (χ0v) is 13.6. The van der Waals surface area contributed by atoms with Gasteiger partial charge in [0.15, 0.2) is 0 Å². The van der Waals surface area contributed by atoms with Crippen LogP contribution in [0.25, 0.3) is 0 Å². The second-order valence-electron chi connectivity index (χ2n) is 7.30. The van der Waals surface area contributed by atoms with Gasteiger partial charge in [-0.25, -0.2) is 0 Å². The molecule has 120 valence electrons. The molecule has 0 saturated carbocycles. The topological polar surface area (TPSA) is 49.9 Å². The summed E-state index contributed by atoms with van der Waals surface area (Å²) in [6.07, 6.45) is 2.98. The van der Waals surface area contributed by atoms with Crippen molar-refractivity contribution in [2.75, 3.05) is 32.8 Å². The number of nitrogens with zero attached hydrogens (tertiary/aromatic N) is 2. The predicted octanol–water partition coefficient (Wildman–Crippen LogP) is 1.66. The van der Waals surface area contributed by atoms with Gasteiger partial charge in [0.05, 0.1) is 0 Å². The first-order chi connectivity index (χ1) is 9.87. The number of carbonyl (C=O) groups excluding carboxylic acids is 2. The Labute approximate surface area is 127 Å². The zero-order chi connectivity index (χ0) is 15.5. The fraction of sp³-hybridized carbons (Fsp3) is 0.875. The molecule has 0 bridgehead atoms. The van der Waals surface area contributed by atoms with Crippen LogP contribution in [0, 0.1) is 5.41 Å². The molecule has 5 nitrogen and oxygen atoms in total. The summed E-state index contributed by atoms with van der Waals surface area (Å²) in [6, 6.07) is 0. The van der Waals surface area contributed by atoms with E-state index in [-0.39, 0.29) is 23.3 Å². The molecule has 1 atom stereocenters. The minimum absolute atomic E-state index is 0.0105. The van der Waals surface area contributed by atoms with Crippen LogP contribution < -0.4 is 0 Å². The molecule has 0 aromatic rings. The molecule has 2 rings (SSSR count). The van der Waals surface area contributed by atoms with E-state index in [1.54, 1.807) is 0 Å². The van der Waals surface area contributed by atoms with Gasteiger partial charge in [0.1, 0.15) is 6.10 Å². The van der Waals surface area contributed by atoms with Gasteiger partial charge in [-0.05, 0) is 24.7 Å². The van der Waals surface area contributed by atoms with Crippen LogP contribution in [-0.4, -0.2) is 60.5 Å². The molecule has 2 aliphatic heterocycles. The molecule has 2 fully saturated rings. The smallest absolute Gasteiger partial charge is 0.251 e. The maximum atomic E-state index is 12.4. The third-order valence-electron chi connectivity index (χ3n) is 4.05. The Balaban J connectivity index is 1.86. The molecule has 2 aliphatic rings. The molecule has 5 heteroatoms. The van der Waals surface area contributed by atoms with Gasteiger partial charge in [0.2, 0.25) is 5.91 Å². The van der Waals surface area contributed by atoms with E-state index in [4.69, 9.17) is 4.74 Å². The van der Waals surface area contributed by atoms with Crippen LogP contribution in [0.1, 0.15) is 46.5 Å². The Morgan fingerprint density at radius 2 is 1.71 bits per heavy atom. The van der Waals surface area contributed by atoms with Crippen LogP contribution in [0.15, 0.2) is 0 Å². The van der Waals surface area contributed by atoms with Crippen LogP contribution in [0.5, 0.6) is 0 Å². The summed E-state index contributed by atoms with van der Waals surface area (Å²) in [6.45, 7) is 9.70. The third kappa shape index (κ3) is 4.70. The van der Waals surface area contributed by atoms with Crippen LogP contribution in [0.3, 0.4) is 0 Å². The van der Waals surface area contributed by atoms with Crippen molar-refractivity contribution >= 4 is 11.8 Å². The number of amides is 2. The second-order valence-corrected chi connectivity index (χ2v) is 7.30. The van der Waals surface area contributed by atoms with Crippen molar-refractivity contribution in [1.29, 1.82) is 0 Å². The average molecular weight is 296 g/mol. The fourth-order valence-electron chi connectivity index (χ4n) is 2.93. The average Bonchev–Trinajstić information content (AvgIpc) is 2.80. The molecule has 1 unspecified atom stereocenters. The lowest BCUT2D eigenvalue weighted by Gasteiger charge is -2.26. The maximum absolute atomic E-state index is 12.4. The molecule has 0 spiro atoms. The number of hydrogen-bond donors (Lipinski definition) is 0. The van der Waals surface area contributed by atoms with Gasteiger partial charge in [0, 0.05) is 39.2 Å². The summed E-state index contributed by atoms with van der Waals surface area (Å²) in [7, 11) is 0. The molecule has 0 aromatic heterocycles. The van der Waals surface area contributed by atoms with Crippen LogP contribution in [0.4, 0.5) is 0 Å². The molecular weight excluding hydrogens is 268 g/mol. The second kappa shape index (κ2) is 6.77. The van der Waals surface area contributed by atoms with Crippen molar-refractivity contribution in [3.63, 3.8) is 0 Å². The molecule has 2 heterocycles. The van der Waals surface area contributed by atoms with E-state index in [1.165, 1.54) is 0 Å². The molecular formula is C16H28N2O3. The van der Waals surface area contributed by atoms with Crippen LogP contribution in [0.2, 0.25) is 0 Å². The third-order valence-corrected chi connectivity index (χ3v) is 4.05. The summed E-state index contributed by atoms with van der Waals surface area (Å²) in [4.78, 5) is 28.4. The highest BCUT2D eigenvalue weighted by Gasteiger charge is 2.30. The van der Waals surface area contributed by atoms with Gasteiger partial charge in [-0.15, -0.1) is 0 Å². The highest BCUT2D eigenvalue weighted by atomic mass is 16.5. The quantitative estimate of drug-likeness (QED) is 0.779. The number of hydrogen-bond acceptors (Lipinski definition) is 3. The van der Waals surface area contributed by atoms with Crippen molar-refractivity contribution in [2.45, 2.75) is 52.6 Å². The largest absolute Gasteiger partial charge is 0.368 e. The lowest BCUT2D eigenvalue weighted by molar-refractivity contribution is -0.141. The molecule has 2 amide bonds. The summed E-state index contributed by atoms with van der Waals surface area (Å²) in [5.41, 5.74) is 0.0105. The monoisotopic (exact) mass is 296 g/mol. The summed E-state index contributed by atoms with van der Waals surface area (Å²) in [5, 5.41) is 0. The van der Waals surface area contributed by atoms with E-state index >= 15 is 0 Å². The van der Waals surface area contributed by atoms with Gasteiger partial charge in [-0.3, -0.25) is 9.59 Å². The lowest BCUT2D eigenvalue weighted by atomic mass is 9.91. The van der Waals surface area contributed by atoms with E-state index in [0.29, 0.717) is 26.1 Å². The molecule has 21 heavy (non-hydrogen) atoms. The van der Waals surface area contributed by atoms with E-state index in [0.717, 1.165) is 32.4 Å². The van der Waals surface area contributed by atoms with Crippen LogP contribution in [-0.2, 0) is 14.3 Å². The van der Waals surface area contributed by atoms with E-state index in [2.05, 4.69) is 20.8 Å². The first-order valence-corrected chi connectivity index (χ1v) is 8.05. The predicted molar refractivity (Wildman–Crippen MR) is 80.8 cm³/mol. The minimum Gasteiger partial charge on any atom is -0.368 e. The van der Waals surface area contributed by atoms with Gasteiger partial charge in [-0.2, -0.15) is 0 Å². The number of carbonyl (C=O) groups is 2. The minimum atomic E-state index is -0.248. The fourth-order valence-corrected chi connectivity index (χ4v) is 2.93. The molecule has 2 saturated heterocycles. The Kier molecular flexibility index (Phi) is 5.25. The van der Waals surface area contributed by atoms with Crippen molar-refractivity contribution in [3.05, 3.63) is 0 Å². The maximum Gasteiger partial charge on any atom is 0.251 e. The Bertz CT molecular complexity index is 383. The van der Waals surface area contributed by atoms with Crippen molar-refractivity contribution in [1.82, 2.24) is 9.80 Å². The van der Waals surface area contributed by atoms with Crippen molar-refractivity contribution in [2.24, 2.45) is 5.41 Å². The van der Waals surface area contributed by atoms with Crippen molar-refractivity contribution in [3.8, 4) is 0 Å². The normalized spacial score (nSPS) is 24.0. The lowest BCUT2D eigenvalue weighted by Crippen LogP contribution is -2.42. The van der Waals surface area contributed by atoms with Crippen LogP contribution >= 0.6 is 0 Å². The van der Waals surface area contributed by atoms with E-state index in [1.807, 2.05) is 9.80 Å². The molecule has 0 N–H and O–H groups in total.